The Morgan fingerprint density at radius 2 is 2.03 bits per heavy atom. The van der Waals surface area contributed by atoms with Gasteiger partial charge in [-0.05, 0) is 43.7 Å². The number of hydrogen-bond acceptors (Lipinski definition) is 9. The minimum Gasteiger partial charge on any atom is -0.511 e. The lowest BCUT2D eigenvalue weighted by Crippen LogP contribution is -2.45. The van der Waals surface area contributed by atoms with Gasteiger partial charge in [-0.15, -0.1) is 0 Å². The number of nitrogens with zero attached hydrogens (tertiary/aromatic N) is 5. The van der Waals surface area contributed by atoms with Crippen LogP contribution in [0.4, 0.5) is 5.13 Å². The van der Waals surface area contributed by atoms with Gasteiger partial charge in [0.05, 0.1) is 28.7 Å². The van der Waals surface area contributed by atoms with Crippen LogP contribution in [0.3, 0.4) is 0 Å². The van der Waals surface area contributed by atoms with Crippen LogP contribution in [0.15, 0.2) is 53.7 Å². The molecule has 0 bridgehead atoms. The standard InChI is InChI=1S/C25H24N6O2S/c1-14-9-19(10-15(2)28-14)22-21(18-6-4-5-17(11-18)12-26)29-25(34-22)30-23-24(33-23)31-8-7-27-13-20(31)16(3)32/h4-6,9-11,13,20,23-24,32H,3,7-8H2,1-2H3,(H,29,30)/t20-,23?,24?/m0/s1. The predicted octanol–water partition coefficient (Wildman–Crippen LogP) is 4.28. The Balaban J connectivity index is 1.46. The highest BCUT2D eigenvalue weighted by Crippen LogP contribution is 2.41. The highest BCUT2D eigenvalue weighted by atomic mass is 32.1. The number of anilines is 1. The summed E-state index contributed by atoms with van der Waals surface area (Å²) in [5.74, 6) is 0.0531. The lowest BCUT2D eigenvalue weighted by Gasteiger charge is -2.29. The molecular weight excluding hydrogens is 448 g/mol. The first-order chi connectivity index (χ1) is 16.4. The molecule has 5 rings (SSSR count). The fraction of sp³-hybridized carbons (Fsp3) is 0.280. The number of benzene rings is 1. The zero-order valence-electron chi connectivity index (χ0n) is 18.9. The van der Waals surface area contributed by atoms with Gasteiger partial charge in [0.25, 0.3) is 0 Å². The van der Waals surface area contributed by atoms with Crippen molar-refractivity contribution in [3.8, 4) is 27.8 Å². The van der Waals surface area contributed by atoms with Gasteiger partial charge < -0.3 is 15.2 Å². The molecule has 0 radical (unpaired) electrons. The van der Waals surface area contributed by atoms with Gasteiger partial charge in [0.15, 0.2) is 17.6 Å². The van der Waals surface area contributed by atoms with E-state index in [0.717, 1.165) is 38.2 Å². The van der Waals surface area contributed by atoms with Crippen molar-refractivity contribution in [2.45, 2.75) is 32.3 Å². The second-order valence-corrected chi connectivity index (χ2v) is 9.35. The number of aliphatic hydroxyl groups is 1. The first-order valence-corrected chi connectivity index (χ1v) is 11.8. The van der Waals surface area contributed by atoms with Gasteiger partial charge in [-0.3, -0.25) is 14.9 Å². The van der Waals surface area contributed by atoms with Crippen molar-refractivity contribution in [2.24, 2.45) is 4.99 Å². The van der Waals surface area contributed by atoms with E-state index in [2.05, 4.69) is 27.9 Å². The van der Waals surface area contributed by atoms with Crippen molar-refractivity contribution in [3.63, 3.8) is 0 Å². The fourth-order valence-electron chi connectivity index (χ4n) is 4.19. The largest absolute Gasteiger partial charge is 0.511 e. The van der Waals surface area contributed by atoms with Crippen LogP contribution in [0.1, 0.15) is 17.0 Å². The van der Waals surface area contributed by atoms with Gasteiger partial charge in [0.1, 0.15) is 11.8 Å². The summed E-state index contributed by atoms with van der Waals surface area (Å²) in [6, 6.07) is 13.4. The molecule has 0 saturated carbocycles. The van der Waals surface area contributed by atoms with E-state index >= 15 is 0 Å². The molecule has 3 atom stereocenters. The molecule has 0 aliphatic carbocycles. The van der Waals surface area contributed by atoms with Crippen LogP contribution >= 0.6 is 11.3 Å². The minimum absolute atomic E-state index is 0.0531. The molecule has 2 aromatic heterocycles. The SMILES string of the molecule is C=C(O)[C@@H]1C=NCCN1C1OC1Nc1nc(-c2cccc(C#N)c2)c(-c2cc(C)nc(C)c2)s1. The molecule has 2 N–H and O–H groups in total. The Morgan fingerprint density at radius 1 is 1.24 bits per heavy atom. The molecule has 34 heavy (non-hydrogen) atoms. The number of hydrogen-bond donors (Lipinski definition) is 2. The third-order valence-electron chi connectivity index (χ3n) is 5.73. The number of ether oxygens (including phenoxy) is 1. The van der Waals surface area contributed by atoms with Crippen molar-refractivity contribution in [1.82, 2.24) is 14.9 Å². The van der Waals surface area contributed by atoms with E-state index in [4.69, 9.17) is 9.72 Å². The molecule has 2 unspecified atom stereocenters. The lowest BCUT2D eigenvalue weighted by molar-refractivity contribution is 0.144. The van der Waals surface area contributed by atoms with E-state index in [1.54, 1.807) is 12.3 Å². The number of aliphatic imine (C=N–C) groups is 1. The number of aliphatic hydroxyl groups excluding tert-OH is 1. The quantitative estimate of drug-likeness (QED) is 0.407. The average molecular weight is 473 g/mol. The third-order valence-corrected chi connectivity index (χ3v) is 6.77. The summed E-state index contributed by atoms with van der Waals surface area (Å²) >= 11 is 1.54. The molecule has 3 aromatic rings. The topological polar surface area (TPSA) is 110 Å². The Kier molecular flexibility index (Phi) is 5.87. The molecule has 2 aliphatic heterocycles. The van der Waals surface area contributed by atoms with E-state index in [0.29, 0.717) is 18.7 Å². The monoisotopic (exact) mass is 472 g/mol. The van der Waals surface area contributed by atoms with Gasteiger partial charge in [0, 0.05) is 29.7 Å². The molecule has 1 fully saturated rings. The number of pyridine rings is 1. The number of epoxide rings is 1. The van der Waals surface area contributed by atoms with Crippen molar-refractivity contribution < 1.29 is 9.84 Å². The summed E-state index contributed by atoms with van der Waals surface area (Å²) < 4.78 is 5.89. The molecule has 172 valence electrons. The van der Waals surface area contributed by atoms with Crippen LogP contribution in [0.5, 0.6) is 0 Å². The van der Waals surface area contributed by atoms with E-state index in [1.807, 2.05) is 49.1 Å². The maximum absolute atomic E-state index is 9.94. The Morgan fingerprint density at radius 3 is 2.76 bits per heavy atom. The van der Waals surface area contributed by atoms with Gasteiger partial charge in [0.2, 0.25) is 0 Å². The zero-order chi connectivity index (χ0) is 23.8. The summed E-state index contributed by atoms with van der Waals surface area (Å²) in [5.41, 5.74) is 5.16. The number of aromatic nitrogens is 2. The summed E-state index contributed by atoms with van der Waals surface area (Å²) in [6.45, 7) is 8.94. The molecule has 0 amide bonds. The second kappa shape index (κ2) is 8.99. The van der Waals surface area contributed by atoms with Crippen LogP contribution in [0.25, 0.3) is 21.7 Å². The van der Waals surface area contributed by atoms with Crippen LogP contribution in [-0.4, -0.2) is 57.8 Å². The van der Waals surface area contributed by atoms with Crippen LogP contribution in [-0.2, 0) is 4.74 Å². The summed E-state index contributed by atoms with van der Waals surface area (Å²) in [4.78, 5) is 16.7. The minimum atomic E-state index is -0.357. The fourth-order valence-corrected chi connectivity index (χ4v) is 5.20. The Hall–Kier alpha value is -3.58. The highest BCUT2D eigenvalue weighted by Gasteiger charge is 2.47. The number of nitrogens with one attached hydrogen (secondary N) is 1. The maximum atomic E-state index is 9.94. The molecule has 2 aliphatic rings. The van der Waals surface area contributed by atoms with Crippen molar-refractivity contribution in [1.29, 1.82) is 5.26 Å². The van der Waals surface area contributed by atoms with Crippen LogP contribution in [0.2, 0.25) is 0 Å². The summed E-state index contributed by atoms with van der Waals surface area (Å²) in [5, 5.41) is 23.4. The van der Waals surface area contributed by atoms with Gasteiger partial charge in [-0.2, -0.15) is 5.26 Å². The molecular formula is C25H24N6O2S. The summed E-state index contributed by atoms with van der Waals surface area (Å²) in [6.07, 6.45) is 1.25. The van der Waals surface area contributed by atoms with Gasteiger partial charge in [-0.25, -0.2) is 4.98 Å². The maximum Gasteiger partial charge on any atom is 0.185 e. The van der Waals surface area contributed by atoms with E-state index in [9.17, 15) is 10.4 Å². The first kappa shape index (κ1) is 22.2. The second-order valence-electron chi connectivity index (χ2n) is 8.35. The third kappa shape index (κ3) is 4.43. The molecule has 1 aromatic carbocycles. The number of nitriles is 1. The smallest absolute Gasteiger partial charge is 0.185 e. The van der Waals surface area contributed by atoms with Crippen molar-refractivity contribution in [3.05, 3.63) is 65.7 Å². The average Bonchev–Trinajstić information content (AvgIpc) is 3.45. The van der Waals surface area contributed by atoms with Crippen LogP contribution in [0, 0.1) is 25.2 Å². The molecule has 9 heteroatoms. The van der Waals surface area contributed by atoms with E-state index in [1.165, 1.54) is 11.3 Å². The molecule has 0 spiro atoms. The Bertz CT molecular complexity index is 1310. The van der Waals surface area contributed by atoms with Gasteiger partial charge in [-0.1, -0.05) is 30.0 Å². The zero-order valence-corrected chi connectivity index (χ0v) is 19.7. The molecule has 8 nitrogen and oxygen atoms in total. The number of rotatable bonds is 6. The Labute approximate surface area is 201 Å². The number of aryl methyl sites for hydroxylation is 2. The first-order valence-electron chi connectivity index (χ1n) is 11.0. The van der Waals surface area contributed by atoms with Gasteiger partial charge >= 0.3 is 0 Å². The predicted molar refractivity (Wildman–Crippen MR) is 133 cm³/mol. The van der Waals surface area contributed by atoms with Crippen LogP contribution < -0.4 is 5.32 Å². The van der Waals surface area contributed by atoms with Crippen molar-refractivity contribution >= 4 is 22.7 Å². The highest BCUT2D eigenvalue weighted by molar-refractivity contribution is 7.19. The lowest BCUT2D eigenvalue weighted by atomic mass is 10.0. The van der Waals surface area contributed by atoms with Crippen molar-refractivity contribution in [2.75, 3.05) is 18.4 Å². The number of thiazole rings is 1. The van der Waals surface area contributed by atoms with E-state index in [-0.39, 0.29) is 24.3 Å². The normalized spacial score (nSPS) is 21.7. The summed E-state index contributed by atoms with van der Waals surface area (Å²) in [7, 11) is 0. The molecule has 4 heterocycles. The molecule has 1 saturated heterocycles. The van der Waals surface area contributed by atoms with E-state index < -0.39 is 0 Å².